The van der Waals surface area contributed by atoms with Crippen LogP contribution in [0.15, 0.2) is 24.3 Å². The highest BCUT2D eigenvalue weighted by Gasteiger charge is 2.30. The van der Waals surface area contributed by atoms with Crippen LogP contribution in [0.1, 0.15) is 32.3 Å². The van der Waals surface area contributed by atoms with E-state index in [2.05, 4.69) is 0 Å². The molecule has 0 aliphatic carbocycles. The van der Waals surface area contributed by atoms with Crippen molar-refractivity contribution in [2.75, 3.05) is 6.54 Å². The van der Waals surface area contributed by atoms with Crippen LogP contribution >= 0.6 is 0 Å². The van der Waals surface area contributed by atoms with Gasteiger partial charge in [-0.2, -0.15) is 0 Å². The summed E-state index contributed by atoms with van der Waals surface area (Å²) in [5, 5.41) is 9.20. The van der Waals surface area contributed by atoms with E-state index in [9.17, 15) is 9.90 Å². The highest BCUT2D eigenvalue weighted by molar-refractivity contribution is 5.73. The van der Waals surface area contributed by atoms with Gasteiger partial charge in [-0.15, -0.1) is 0 Å². The van der Waals surface area contributed by atoms with Crippen LogP contribution in [0.3, 0.4) is 0 Å². The lowest BCUT2D eigenvalue weighted by Crippen LogP contribution is -2.35. The van der Waals surface area contributed by atoms with Gasteiger partial charge in [0.15, 0.2) is 0 Å². The number of para-hydroxylation sites is 1. The Hall–Kier alpha value is -1.55. The minimum Gasteiger partial charge on any atom is -0.491 e. The summed E-state index contributed by atoms with van der Waals surface area (Å²) >= 11 is 0. The second-order valence-electron chi connectivity index (χ2n) is 5.24. The molecule has 1 aliphatic heterocycles. The second kappa shape index (κ2) is 6.06. The van der Waals surface area contributed by atoms with Crippen LogP contribution < -0.4 is 4.74 Å². The van der Waals surface area contributed by atoms with E-state index in [1.165, 1.54) is 0 Å². The first kappa shape index (κ1) is 13.9. The van der Waals surface area contributed by atoms with Crippen molar-refractivity contribution in [3.8, 4) is 5.75 Å². The number of likely N-dealkylation sites (tertiary alicyclic amines) is 1. The Bertz CT molecular complexity index is 445. The smallest absolute Gasteiger partial charge is 0.320 e. The van der Waals surface area contributed by atoms with E-state index in [1.54, 1.807) is 0 Å². The van der Waals surface area contributed by atoms with E-state index in [1.807, 2.05) is 43.0 Å². The number of rotatable bonds is 5. The molecule has 0 aromatic heterocycles. The summed E-state index contributed by atoms with van der Waals surface area (Å²) in [6, 6.07) is 7.51. The highest BCUT2D eigenvalue weighted by Crippen LogP contribution is 2.25. The molecule has 1 aliphatic rings. The standard InChI is InChI=1S/C15H21NO3/c1-11(2)19-14-8-4-3-6-12(14)10-16-9-5-7-13(16)15(17)18/h3-4,6,8,11,13H,5,7,9-10H2,1-2H3,(H,17,18). The summed E-state index contributed by atoms with van der Waals surface area (Å²) in [4.78, 5) is 13.2. The Balaban J connectivity index is 2.12. The molecule has 2 rings (SSSR count). The normalized spacial score (nSPS) is 19.8. The lowest BCUT2D eigenvalue weighted by atomic mass is 10.1. The first-order valence-electron chi connectivity index (χ1n) is 6.79. The summed E-state index contributed by atoms with van der Waals surface area (Å²) in [7, 11) is 0. The van der Waals surface area contributed by atoms with Crippen molar-refractivity contribution in [3.05, 3.63) is 29.8 Å². The van der Waals surface area contributed by atoms with Gasteiger partial charge in [0.1, 0.15) is 11.8 Å². The molecule has 0 spiro atoms. The summed E-state index contributed by atoms with van der Waals surface area (Å²) in [6.45, 7) is 5.46. The maximum absolute atomic E-state index is 11.2. The fraction of sp³-hybridized carbons (Fsp3) is 0.533. The average molecular weight is 263 g/mol. The van der Waals surface area contributed by atoms with E-state index in [-0.39, 0.29) is 12.1 Å². The monoisotopic (exact) mass is 263 g/mol. The molecular weight excluding hydrogens is 242 g/mol. The van der Waals surface area contributed by atoms with Crippen molar-refractivity contribution in [2.24, 2.45) is 0 Å². The molecule has 1 N–H and O–H groups in total. The van der Waals surface area contributed by atoms with Crippen LogP contribution in [-0.4, -0.2) is 34.7 Å². The van der Waals surface area contributed by atoms with Gasteiger partial charge in [0, 0.05) is 12.1 Å². The average Bonchev–Trinajstić information content (AvgIpc) is 2.79. The Labute approximate surface area is 114 Å². The Morgan fingerprint density at radius 3 is 2.89 bits per heavy atom. The predicted molar refractivity (Wildman–Crippen MR) is 73.3 cm³/mol. The highest BCUT2D eigenvalue weighted by atomic mass is 16.5. The Morgan fingerprint density at radius 2 is 2.21 bits per heavy atom. The molecule has 0 saturated carbocycles. The van der Waals surface area contributed by atoms with Gasteiger partial charge in [0.2, 0.25) is 0 Å². The third-order valence-electron chi connectivity index (χ3n) is 3.36. The molecule has 0 bridgehead atoms. The minimum absolute atomic E-state index is 0.120. The van der Waals surface area contributed by atoms with Crippen LogP contribution in [0.2, 0.25) is 0 Å². The minimum atomic E-state index is -0.722. The molecular formula is C15H21NO3. The molecule has 0 amide bonds. The number of carboxylic acids is 1. The molecule has 1 fully saturated rings. The quantitative estimate of drug-likeness (QED) is 0.887. The van der Waals surface area contributed by atoms with Gasteiger partial charge >= 0.3 is 5.97 Å². The maximum Gasteiger partial charge on any atom is 0.320 e. The SMILES string of the molecule is CC(C)Oc1ccccc1CN1CCCC1C(=O)O. The van der Waals surface area contributed by atoms with Crippen LogP contribution in [0.5, 0.6) is 5.75 Å². The zero-order chi connectivity index (χ0) is 13.8. The summed E-state index contributed by atoms with van der Waals surface area (Å²) < 4.78 is 5.78. The largest absolute Gasteiger partial charge is 0.491 e. The first-order valence-corrected chi connectivity index (χ1v) is 6.79. The van der Waals surface area contributed by atoms with E-state index in [0.717, 1.165) is 30.7 Å². The van der Waals surface area contributed by atoms with Crippen molar-refractivity contribution in [3.63, 3.8) is 0 Å². The van der Waals surface area contributed by atoms with Crippen molar-refractivity contribution in [1.29, 1.82) is 0 Å². The maximum atomic E-state index is 11.2. The molecule has 0 radical (unpaired) electrons. The molecule has 1 aromatic carbocycles. The lowest BCUT2D eigenvalue weighted by molar-refractivity contribution is -0.142. The van der Waals surface area contributed by atoms with Crippen molar-refractivity contribution in [1.82, 2.24) is 4.90 Å². The molecule has 1 aromatic rings. The molecule has 1 heterocycles. The molecule has 104 valence electrons. The lowest BCUT2D eigenvalue weighted by Gasteiger charge is -2.23. The van der Waals surface area contributed by atoms with Crippen LogP contribution in [0.4, 0.5) is 0 Å². The number of ether oxygens (including phenoxy) is 1. The zero-order valence-corrected chi connectivity index (χ0v) is 11.5. The molecule has 19 heavy (non-hydrogen) atoms. The number of benzene rings is 1. The number of hydrogen-bond donors (Lipinski definition) is 1. The van der Waals surface area contributed by atoms with Crippen LogP contribution in [0, 0.1) is 0 Å². The second-order valence-corrected chi connectivity index (χ2v) is 5.24. The van der Waals surface area contributed by atoms with E-state index in [0.29, 0.717) is 6.54 Å². The number of aliphatic carboxylic acids is 1. The van der Waals surface area contributed by atoms with Crippen molar-refractivity contribution >= 4 is 5.97 Å². The topological polar surface area (TPSA) is 49.8 Å². The molecule has 4 nitrogen and oxygen atoms in total. The Kier molecular flexibility index (Phi) is 4.43. The first-order chi connectivity index (χ1) is 9.08. The van der Waals surface area contributed by atoms with E-state index >= 15 is 0 Å². The number of carbonyl (C=O) groups is 1. The summed E-state index contributed by atoms with van der Waals surface area (Å²) in [6.07, 6.45) is 1.81. The summed E-state index contributed by atoms with van der Waals surface area (Å²) in [5.74, 6) is 0.133. The molecule has 4 heteroatoms. The third-order valence-corrected chi connectivity index (χ3v) is 3.36. The fourth-order valence-corrected chi connectivity index (χ4v) is 2.52. The van der Waals surface area contributed by atoms with Crippen LogP contribution in [0.25, 0.3) is 0 Å². The van der Waals surface area contributed by atoms with Gasteiger partial charge in [0.05, 0.1) is 6.10 Å². The molecule has 1 unspecified atom stereocenters. The van der Waals surface area contributed by atoms with Gasteiger partial charge in [-0.1, -0.05) is 18.2 Å². The molecule has 1 atom stereocenters. The van der Waals surface area contributed by atoms with Gasteiger partial charge in [-0.25, -0.2) is 0 Å². The van der Waals surface area contributed by atoms with Gasteiger partial charge in [0.25, 0.3) is 0 Å². The van der Waals surface area contributed by atoms with Gasteiger partial charge < -0.3 is 9.84 Å². The van der Waals surface area contributed by atoms with Crippen molar-refractivity contribution < 1.29 is 14.6 Å². The van der Waals surface area contributed by atoms with Gasteiger partial charge in [-0.3, -0.25) is 9.69 Å². The molecule has 1 saturated heterocycles. The van der Waals surface area contributed by atoms with Crippen LogP contribution in [-0.2, 0) is 11.3 Å². The summed E-state index contributed by atoms with van der Waals surface area (Å²) in [5.41, 5.74) is 1.06. The third kappa shape index (κ3) is 3.47. The predicted octanol–water partition coefficient (Wildman–Crippen LogP) is 2.52. The van der Waals surface area contributed by atoms with E-state index in [4.69, 9.17) is 4.74 Å². The number of nitrogens with zero attached hydrogens (tertiary/aromatic N) is 1. The number of carboxylic acid groups (broad SMARTS) is 1. The number of hydrogen-bond acceptors (Lipinski definition) is 3. The van der Waals surface area contributed by atoms with E-state index < -0.39 is 5.97 Å². The Morgan fingerprint density at radius 1 is 1.47 bits per heavy atom. The van der Waals surface area contributed by atoms with Crippen molar-refractivity contribution in [2.45, 2.75) is 45.4 Å². The fourth-order valence-electron chi connectivity index (χ4n) is 2.52. The van der Waals surface area contributed by atoms with Gasteiger partial charge in [-0.05, 0) is 39.3 Å². The zero-order valence-electron chi connectivity index (χ0n) is 11.5.